The molecule has 2 fully saturated rings. The van der Waals surface area contributed by atoms with Gasteiger partial charge in [-0.15, -0.1) is 11.8 Å². The molecule has 38 heavy (non-hydrogen) atoms. The first-order valence-corrected chi connectivity index (χ1v) is 14.2. The topological polar surface area (TPSA) is 81.8 Å². The maximum absolute atomic E-state index is 13.5. The Morgan fingerprint density at radius 1 is 1.03 bits per heavy atom. The molecule has 3 amide bonds. The molecule has 0 radical (unpaired) electrons. The van der Waals surface area contributed by atoms with E-state index in [4.69, 9.17) is 23.2 Å². The first-order valence-electron chi connectivity index (χ1n) is 12.5. The highest BCUT2D eigenvalue weighted by Gasteiger charge is 2.43. The number of halogens is 2. The fourth-order valence-electron chi connectivity index (χ4n) is 4.87. The minimum atomic E-state index is -0.630. The van der Waals surface area contributed by atoms with Crippen LogP contribution in [0.25, 0.3) is 10.8 Å². The summed E-state index contributed by atoms with van der Waals surface area (Å²) in [6, 6.07) is 19.1. The summed E-state index contributed by atoms with van der Waals surface area (Å²) in [4.78, 5) is 42.9. The molecule has 2 saturated heterocycles. The van der Waals surface area contributed by atoms with E-state index in [0.717, 1.165) is 29.4 Å². The van der Waals surface area contributed by atoms with E-state index in [1.807, 2.05) is 42.5 Å². The summed E-state index contributed by atoms with van der Waals surface area (Å²) in [6.07, 6.45) is 0.00823. The quantitative estimate of drug-likeness (QED) is 0.444. The average Bonchev–Trinajstić information content (AvgIpc) is 3.22. The lowest BCUT2D eigenvalue weighted by Crippen LogP contribution is -2.50. The van der Waals surface area contributed by atoms with Crippen LogP contribution in [0.15, 0.2) is 60.7 Å². The van der Waals surface area contributed by atoms with E-state index >= 15 is 0 Å². The molecule has 0 unspecified atom stereocenters. The highest BCUT2D eigenvalue weighted by molar-refractivity contribution is 8.01. The Morgan fingerprint density at radius 2 is 1.79 bits per heavy atom. The lowest BCUT2D eigenvalue weighted by atomic mass is 10.0. The van der Waals surface area contributed by atoms with Gasteiger partial charge in [-0.2, -0.15) is 0 Å². The molecule has 2 atom stereocenters. The number of benzene rings is 3. The zero-order chi connectivity index (χ0) is 26.6. The van der Waals surface area contributed by atoms with Crippen LogP contribution in [0.5, 0.6) is 0 Å². The highest BCUT2D eigenvalue weighted by Crippen LogP contribution is 2.46. The number of amides is 3. The number of carbonyl (C=O) groups is 3. The molecular formula is C28H28Cl2N4O3S. The molecule has 2 heterocycles. The monoisotopic (exact) mass is 570 g/mol. The number of hydrogen-bond donors (Lipinski definition) is 2. The van der Waals surface area contributed by atoms with Crippen molar-refractivity contribution in [3.8, 4) is 0 Å². The number of rotatable bonds is 7. The Bertz CT molecular complexity index is 1360. The Kier molecular flexibility index (Phi) is 8.43. The maximum Gasteiger partial charge on any atom is 0.242 e. The van der Waals surface area contributed by atoms with Crippen LogP contribution in [0, 0.1) is 0 Å². The van der Waals surface area contributed by atoms with Gasteiger partial charge in [-0.3, -0.25) is 14.4 Å². The Morgan fingerprint density at radius 3 is 2.58 bits per heavy atom. The van der Waals surface area contributed by atoms with Crippen LogP contribution < -0.4 is 10.6 Å². The van der Waals surface area contributed by atoms with Gasteiger partial charge in [-0.05, 0) is 28.5 Å². The molecule has 7 nitrogen and oxygen atoms in total. The van der Waals surface area contributed by atoms with E-state index in [1.165, 1.54) is 11.8 Å². The Labute approximate surface area is 235 Å². The van der Waals surface area contributed by atoms with Crippen molar-refractivity contribution < 1.29 is 14.4 Å². The van der Waals surface area contributed by atoms with Crippen LogP contribution in [0.1, 0.15) is 22.9 Å². The molecule has 10 heteroatoms. The molecule has 5 rings (SSSR count). The minimum absolute atomic E-state index is 0.00823. The van der Waals surface area contributed by atoms with Gasteiger partial charge in [0.15, 0.2) is 0 Å². The van der Waals surface area contributed by atoms with Gasteiger partial charge in [-0.25, -0.2) is 0 Å². The second kappa shape index (κ2) is 11.9. The van der Waals surface area contributed by atoms with Crippen LogP contribution in [0.4, 0.5) is 0 Å². The number of nitrogens with one attached hydrogen (secondary N) is 2. The number of nitrogens with zero attached hydrogens (tertiary/aromatic N) is 2. The summed E-state index contributed by atoms with van der Waals surface area (Å²) in [5.41, 5.74) is 1.71. The molecule has 0 aromatic heterocycles. The third kappa shape index (κ3) is 5.94. The summed E-state index contributed by atoms with van der Waals surface area (Å²) in [5, 5.41) is 8.17. The number of piperazine rings is 1. The zero-order valence-electron chi connectivity index (χ0n) is 20.7. The average molecular weight is 572 g/mol. The maximum atomic E-state index is 13.5. The standard InChI is InChI=1S/C28H28Cl2N4O3S/c29-20-8-9-22(23(30)14-20)28-34(17-26(36)33-12-10-31-11-13-33)27(37)24(38-28)15-25(35)32-16-19-6-3-5-18-4-1-2-7-21(18)19/h1-9,14,24,28,31H,10-13,15-17H2,(H,32,35)/t24-,28-/m1/s1. The van der Waals surface area contributed by atoms with E-state index in [0.29, 0.717) is 35.2 Å². The van der Waals surface area contributed by atoms with Gasteiger partial charge in [0.25, 0.3) is 0 Å². The largest absolute Gasteiger partial charge is 0.352 e. The molecule has 3 aromatic rings. The lowest BCUT2D eigenvalue weighted by Gasteiger charge is -2.31. The van der Waals surface area contributed by atoms with Crippen molar-refractivity contribution in [2.24, 2.45) is 0 Å². The van der Waals surface area contributed by atoms with E-state index in [9.17, 15) is 14.4 Å². The zero-order valence-corrected chi connectivity index (χ0v) is 23.0. The third-order valence-corrected chi connectivity index (χ3v) is 8.89. The summed E-state index contributed by atoms with van der Waals surface area (Å²) < 4.78 is 0. The normalized spacial score (nSPS) is 19.7. The molecule has 198 valence electrons. The molecule has 0 saturated carbocycles. The van der Waals surface area contributed by atoms with Crippen molar-refractivity contribution in [2.45, 2.75) is 23.6 Å². The summed E-state index contributed by atoms with van der Waals surface area (Å²) in [6.45, 7) is 2.94. The van der Waals surface area contributed by atoms with Crippen molar-refractivity contribution in [1.29, 1.82) is 0 Å². The molecule has 2 N–H and O–H groups in total. The van der Waals surface area contributed by atoms with Crippen molar-refractivity contribution >= 4 is 63.5 Å². The van der Waals surface area contributed by atoms with Crippen LogP contribution in [-0.2, 0) is 20.9 Å². The second-order valence-corrected chi connectivity index (χ2v) is 11.5. The first-order chi connectivity index (χ1) is 18.4. The summed E-state index contributed by atoms with van der Waals surface area (Å²) >= 11 is 14.0. The number of thioether (sulfide) groups is 1. The number of fused-ring (bicyclic) bond motifs is 1. The fourth-order valence-corrected chi connectivity index (χ4v) is 6.93. The van der Waals surface area contributed by atoms with Gasteiger partial charge < -0.3 is 20.4 Å². The van der Waals surface area contributed by atoms with Gasteiger partial charge in [0.1, 0.15) is 11.9 Å². The molecule has 3 aromatic carbocycles. The van der Waals surface area contributed by atoms with Crippen molar-refractivity contribution in [1.82, 2.24) is 20.4 Å². The highest BCUT2D eigenvalue weighted by atomic mass is 35.5. The van der Waals surface area contributed by atoms with Crippen LogP contribution in [0.3, 0.4) is 0 Å². The minimum Gasteiger partial charge on any atom is -0.352 e. The number of hydrogen-bond acceptors (Lipinski definition) is 5. The van der Waals surface area contributed by atoms with Gasteiger partial charge in [0.05, 0.1) is 5.25 Å². The van der Waals surface area contributed by atoms with Crippen molar-refractivity contribution in [3.05, 3.63) is 81.8 Å². The Hall–Kier alpha value is -2.78. The molecule has 2 aliphatic rings. The Balaban J connectivity index is 1.30. The molecule has 0 spiro atoms. The summed E-state index contributed by atoms with van der Waals surface area (Å²) in [7, 11) is 0. The first kappa shape index (κ1) is 26.8. The SMILES string of the molecule is O=C(C[C@H]1S[C@H](c2ccc(Cl)cc2Cl)N(CC(=O)N2CCNCC2)C1=O)NCc1cccc2ccccc12. The fraction of sp³-hybridized carbons (Fsp3) is 0.321. The molecule has 0 aliphatic carbocycles. The van der Waals surface area contributed by atoms with E-state index in [1.54, 1.807) is 28.0 Å². The van der Waals surface area contributed by atoms with E-state index in [-0.39, 0.29) is 30.7 Å². The summed E-state index contributed by atoms with van der Waals surface area (Å²) in [5.74, 6) is -0.577. The van der Waals surface area contributed by atoms with Crippen molar-refractivity contribution in [2.75, 3.05) is 32.7 Å². The second-order valence-electron chi connectivity index (χ2n) is 9.36. The van der Waals surface area contributed by atoms with Gasteiger partial charge >= 0.3 is 0 Å². The van der Waals surface area contributed by atoms with Gasteiger partial charge in [0.2, 0.25) is 17.7 Å². The third-order valence-electron chi connectivity index (χ3n) is 6.87. The van der Waals surface area contributed by atoms with E-state index in [2.05, 4.69) is 10.6 Å². The predicted octanol–water partition coefficient (Wildman–Crippen LogP) is 4.23. The smallest absolute Gasteiger partial charge is 0.242 e. The predicted molar refractivity (Wildman–Crippen MR) is 152 cm³/mol. The molecule has 0 bridgehead atoms. The van der Waals surface area contributed by atoms with Crippen LogP contribution in [-0.4, -0.2) is 65.5 Å². The molecule has 2 aliphatic heterocycles. The van der Waals surface area contributed by atoms with Crippen LogP contribution >= 0.6 is 35.0 Å². The van der Waals surface area contributed by atoms with Gasteiger partial charge in [-0.1, -0.05) is 71.7 Å². The lowest BCUT2D eigenvalue weighted by molar-refractivity contribution is -0.140. The van der Waals surface area contributed by atoms with E-state index < -0.39 is 10.6 Å². The molecular weight excluding hydrogens is 543 g/mol. The van der Waals surface area contributed by atoms with Gasteiger partial charge in [0, 0.05) is 54.8 Å². The van der Waals surface area contributed by atoms with Crippen LogP contribution in [0.2, 0.25) is 10.0 Å². The number of carbonyl (C=O) groups excluding carboxylic acids is 3. The van der Waals surface area contributed by atoms with Crippen molar-refractivity contribution in [3.63, 3.8) is 0 Å².